The number of benzene rings is 1. The van der Waals surface area contributed by atoms with Crippen LogP contribution >= 0.6 is 0 Å². The van der Waals surface area contributed by atoms with Crippen molar-refractivity contribution in [1.82, 2.24) is 0 Å². The van der Waals surface area contributed by atoms with Crippen molar-refractivity contribution in [3.05, 3.63) is 29.3 Å². The molecule has 0 aliphatic rings. The van der Waals surface area contributed by atoms with Crippen LogP contribution in [-0.2, 0) is 10.8 Å². The summed E-state index contributed by atoms with van der Waals surface area (Å²) in [6.07, 6.45) is 0. The highest BCUT2D eigenvalue weighted by Gasteiger charge is 2.21. The Morgan fingerprint density at radius 1 is 1.27 bits per heavy atom. The van der Waals surface area contributed by atoms with Crippen LogP contribution in [0.5, 0.6) is 5.75 Å². The molecule has 1 rings (SSSR count). The summed E-state index contributed by atoms with van der Waals surface area (Å²) in [4.78, 5) is 0. The van der Waals surface area contributed by atoms with Gasteiger partial charge in [-0.3, -0.25) is 0 Å². The Hall–Kier alpha value is -0.980. The van der Waals surface area contributed by atoms with Gasteiger partial charge in [-0.15, -0.1) is 0 Å². The second-order valence-corrected chi connectivity index (χ2v) is 3.51. The zero-order chi connectivity index (χ0) is 25.9. The van der Waals surface area contributed by atoms with Gasteiger partial charge in [0.25, 0.3) is 1.43 Å². The second-order valence-electron chi connectivity index (χ2n) is 3.51. The van der Waals surface area contributed by atoms with E-state index < -0.39 is 68.0 Å². The lowest BCUT2D eigenvalue weighted by Crippen LogP contribution is -2.16. The van der Waals surface area contributed by atoms with Crippen molar-refractivity contribution in [2.45, 2.75) is 52.0 Å². The smallest absolute Gasteiger partial charge is 0.293 e. The molecule has 1 aromatic rings. The van der Waals surface area contributed by atoms with Crippen molar-refractivity contribution in [3.63, 3.8) is 0 Å². The van der Waals surface area contributed by atoms with Gasteiger partial charge in [-0.1, -0.05) is 53.3 Å². The highest BCUT2D eigenvalue weighted by atomic mass is 16.3. The van der Waals surface area contributed by atoms with Crippen molar-refractivity contribution in [2.24, 2.45) is 0 Å². The van der Waals surface area contributed by atoms with Crippen LogP contribution in [0.3, 0.4) is 0 Å². The van der Waals surface area contributed by atoms with E-state index in [1.807, 2.05) is 0 Å². The molecular weight excluding hydrogens is 184 g/mol. The van der Waals surface area contributed by atoms with E-state index >= 15 is 0 Å². The van der Waals surface area contributed by atoms with Crippen LogP contribution in [0.15, 0.2) is 18.2 Å². The first-order valence-electron chi connectivity index (χ1n) is 12.5. The molecule has 0 aliphatic carbocycles. The van der Waals surface area contributed by atoms with Crippen LogP contribution in [0.4, 0.5) is 0 Å². The fraction of sp³-hybridized carbons (Fsp3) is 0.571. The van der Waals surface area contributed by atoms with Gasteiger partial charge in [0.1, 0.15) is 5.75 Å². The number of hydrogen-bond donors (Lipinski definition) is 1. The largest absolute Gasteiger partial charge is 0.508 e. The van der Waals surface area contributed by atoms with Gasteiger partial charge in [-0.2, -0.15) is 0 Å². The number of rotatable bonds is 1. The quantitative estimate of drug-likeness (QED) is 0.763. The minimum atomic E-state index is -3.73. The van der Waals surface area contributed by atoms with E-state index in [-0.39, 0.29) is 0 Å². The Balaban J connectivity index is 4.41. The first kappa shape index (κ1) is 2.47. The average Bonchev–Trinajstić information content (AvgIpc) is 2.47. The van der Waals surface area contributed by atoms with Gasteiger partial charge >= 0.3 is 0 Å². The fourth-order valence-corrected chi connectivity index (χ4v) is 1.07. The van der Waals surface area contributed by atoms with Gasteiger partial charge in [0.2, 0.25) is 0 Å². The Labute approximate surface area is 117 Å². The maximum Gasteiger partial charge on any atom is 0.293 e. The minimum Gasteiger partial charge on any atom is -0.508 e. The molecule has 0 heterocycles. The van der Waals surface area contributed by atoms with Crippen molar-refractivity contribution in [2.75, 3.05) is 0 Å². The number of phenolic OH excluding ortho intramolecular Hbond substituents is 1. The molecule has 0 unspecified atom stereocenters. The van der Waals surface area contributed by atoms with Crippen molar-refractivity contribution in [3.8, 4) is 5.75 Å². The minimum absolute atomic E-state index is 0.492. The molecular formula is C14H22O. The van der Waals surface area contributed by atoms with Crippen molar-refractivity contribution >= 4 is 0 Å². The lowest BCUT2D eigenvalue weighted by Gasteiger charge is -2.25. The standard InChI is InChI=1S/C14H22O/c1-13(2,3)10-7-8-12(15)11(9-10)14(4,5)6/h7-9,15H,1-6H3/i1D3,2D3,3D3,4D3,5D3,8D/hD. The van der Waals surface area contributed by atoms with E-state index in [2.05, 4.69) is 5.11 Å². The molecule has 1 aromatic carbocycles. The molecule has 15 heavy (non-hydrogen) atoms. The van der Waals surface area contributed by atoms with E-state index in [9.17, 15) is 0 Å². The maximum atomic E-state index is 8.07. The molecule has 0 bridgehead atoms. The Bertz CT molecular complexity index is 785. The lowest BCUT2D eigenvalue weighted by atomic mass is 9.80. The first-order valence-corrected chi connectivity index (χ1v) is 4.11. The van der Waals surface area contributed by atoms with Gasteiger partial charge in [0.15, 0.2) is 0 Å². The summed E-state index contributed by atoms with van der Waals surface area (Å²) < 4.78 is 132. The number of phenols is 1. The first-order chi connectivity index (χ1) is 13.8. The maximum absolute atomic E-state index is 8.07. The third-order valence-electron chi connectivity index (χ3n) is 1.87. The fourth-order valence-electron chi connectivity index (χ4n) is 1.07. The van der Waals surface area contributed by atoms with Crippen molar-refractivity contribution < 1.29 is 27.0 Å². The molecule has 1 heteroatoms. The third kappa shape index (κ3) is 2.74. The lowest BCUT2D eigenvalue weighted by molar-refractivity contribution is 0.444. The summed E-state index contributed by atoms with van der Waals surface area (Å²) in [5.41, 5.74) is -8.41. The van der Waals surface area contributed by atoms with E-state index in [0.29, 0.717) is 12.1 Å². The van der Waals surface area contributed by atoms with Gasteiger partial charge in [-0.05, 0) is 28.0 Å². The van der Waals surface area contributed by atoms with Crippen LogP contribution in [0.25, 0.3) is 0 Å². The monoisotopic (exact) mass is 223 g/mol. The molecule has 0 aromatic heterocycles. The molecule has 0 radical (unpaired) electrons. The summed E-state index contributed by atoms with van der Waals surface area (Å²) >= 11 is 0. The SMILES string of the molecule is [2H]Oc1c([2H])cc(C(C([2H])([2H])[2H])(C([2H])([2H])[2H])C([2H])([2H])[2H])cc1C(C)(C([2H])([2H])[2H])C([2H])([2H])[2H]. The molecule has 1 nitrogen and oxygen atoms in total. The third-order valence-corrected chi connectivity index (χ3v) is 1.87. The number of aromatic hydroxyl groups is 1. The molecule has 0 spiro atoms. The Kier molecular flexibility index (Phi) is 0.585. The van der Waals surface area contributed by atoms with Crippen LogP contribution in [-0.4, -0.2) is 6.54 Å². The van der Waals surface area contributed by atoms with Crippen LogP contribution < -0.4 is 0 Å². The summed E-state index contributed by atoms with van der Waals surface area (Å²) in [5.74, 6) is -0.890. The summed E-state index contributed by atoms with van der Waals surface area (Å²) in [6, 6.07) is 0.0679. The molecule has 0 fully saturated rings. The van der Waals surface area contributed by atoms with E-state index in [4.69, 9.17) is 23.4 Å². The highest BCUT2D eigenvalue weighted by Crippen LogP contribution is 2.34. The zero-order valence-corrected chi connectivity index (χ0v) is 8.06. The van der Waals surface area contributed by atoms with Crippen LogP contribution in [0.2, 0.25) is 0 Å². The normalized spacial score (nSPS) is 33.5. The molecule has 0 saturated heterocycles. The molecule has 0 amide bonds. The van der Waals surface area contributed by atoms with Gasteiger partial charge < -0.3 is 5.11 Å². The summed E-state index contributed by atoms with van der Waals surface area (Å²) in [5, 5.41) is 4.28. The molecule has 0 atom stereocenters. The summed E-state index contributed by atoms with van der Waals surface area (Å²) in [7, 11) is 0. The Morgan fingerprint density at radius 3 is 2.47 bits per heavy atom. The second kappa shape index (κ2) is 3.55. The van der Waals surface area contributed by atoms with Crippen LogP contribution in [0.1, 0.15) is 74.2 Å². The van der Waals surface area contributed by atoms with Crippen LogP contribution in [0, 0.1) is 0 Å². The average molecular weight is 223 g/mol. The highest BCUT2D eigenvalue weighted by molar-refractivity contribution is 5.42. The van der Waals surface area contributed by atoms with E-state index in [0.717, 1.165) is 6.92 Å². The van der Waals surface area contributed by atoms with E-state index in [1.54, 1.807) is 0 Å². The van der Waals surface area contributed by atoms with Crippen molar-refractivity contribution in [1.29, 1.82) is 1.43 Å². The molecule has 1 N–H and O–H groups in total. The predicted octanol–water partition coefficient (Wildman–Crippen LogP) is 3.99. The van der Waals surface area contributed by atoms with E-state index in [1.165, 1.54) is 0 Å². The van der Waals surface area contributed by atoms with Gasteiger partial charge in [0, 0.05) is 20.6 Å². The summed E-state index contributed by atoms with van der Waals surface area (Å²) in [6.45, 7) is -17.2. The van der Waals surface area contributed by atoms with Gasteiger partial charge in [0.05, 0.1) is 1.37 Å². The van der Waals surface area contributed by atoms with Gasteiger partial charge in [-0.25, -0.2) is 0 Å². The zero-order valence-electron chi connectivity index (χ0n) is 25.1. The molecule has 0 saturated carbocycles. The number of hydrogen-bond acceptors (Lipinski definition) is 1. The molecule has 84 valence electrons. The predicted molar refractivity (Wildman–Crippen MR) is 65.5 cm³/mol. The topological polar surface area (TPSA) is 20.2 Å². The molecule has 0 aliphatic heterocycles. The Morgan fingerprint density at radius 2 is 1.93 bits per heavy atom.